The molecule has 0 saturated heterocycles. The van der Waals surface area contributed by atoms with Gasteiger partial charge in [0.2, 0.25) is 0 Å². The fourth-order valence-electron chi connectivity index (χ4n) is 1.54. The van der Waals surface area contributed by atoms with E-state index in [1.165, 1.54) is 0 Å². The summed E-state index contributed by atoms with van der Waals surface area (Å²) in [5.74, 6) is -0.648. The Labute approximate surface area is 81.5 Å². The van der Waals surface area contributed by atoms with E-state index in [9.17, 15) is 4.79 Å². The van der Waals surface area contributed by atoms with E-state index in [1.54, 1.807) is 0 Å². The van der Waals surface area contributed by atoms with Crippen LogP contribution >= 0.6 is 15.9 Å². The van der Waals surface area contributed by atoms with E-state index in [2.05, 4.69) is 22.9 Å². The molecule has 0 aliphatic heterocycles. The molecule has 0 aromatic rings. The molecule has 1 fully saturated rings. The second kappa shape index (κ2) is 3.02. The molecule has 0 aromatic heterocycles. The van der Waals surface area contributed by atoms with Gasteiger partial charge in [-0.1, -0.05) is 15.9 Å². The molecule has 2 nitrogen and oxygen atoms in total. The summed E-state index contributed by atoms with van der Waals surface area (Å²) >= 11 is 3.60. The fraction of sp³-hybridized carbons (Fsp3) is 0.889. The van der Waals surface area contributed by atoms with Crippen molar-refractivity contribution >= 4 is 21.9 Å². The highest BCUT2D eigenvalue weighted by molar-refractivity contribution is 9.10. The Hall–Kier alpha value is -0.0500. The monoisotopic (exact) mass is 234 g/mol. The third kappa shape index (κ3) is 2.00. The van der Waals surface area contributed by atoms with Crippen molar-refractivity contribution < 1.29 is 9.90 Å². The lowest BCUT2D eigenvalue weighted by atomic mass is 9.72. The number of aliphatic carboxylic acids is 1. The van der Waals surface area contributed by atoms with Gasteiger partial charge in [0, 0.05) is 4.32 Å². The van der Waals surface area contributed by atoms with Crippen LogP contribution in [0.5, 0.6) is 0 Å². The maximum absolute atomic E-state index is 10.9. The number of hydrogen-bond acceptors (Lipinski definition) is 1. The van der Waals surface area contributed by atoms with E-state index in [4.69, 9.17) is 5.11 Å². The highest BCUT2D eigenvalue weighted by atomic mass is 79.9. The Balaban J connectivity index is 2.62. The van der Waals surface area contributed by atoms with Crippen LogP contribution in [0.2, 0.25) is 0 Å². The Morgan fingerprint density at radius 3 is 2.00 bits per heavy atom. The zero-order valence-electron chi connectivity index (χ0n) is 7.56. The molecule has 0 spiro atoms. The fourth-order valence-corrected chi connectivity index (χ4v) is 1.93. The van der Waals surface area contributed by atoms with Gasteiger partial charge in [-0.3, -0.25) is 4.79 Å². The Morgan fingerprint density at radius 1 is 1.25 bits per heavy atom. The lowest BCUT2D eigenvalue weighted by Gasteiger charge is -2.37. The summed E-state index contributed by atoms with van der Waals surface area (Å²) in [5, 5.41) is 8.95. The Bertz CT molecular complexity index is 189. The molecule has 1 N–H and O–H groups in total. The molecule has 1 rings (SSSR count). The first kappa shape index (κ1) is 10.0. The molecule has 0 unspecified atom stereocenters. The standard InChI is InChI=1S/C9H15BrO2/c1-8(7(11)12)3-5-9(2,10)6-4-8/h3-6H2,1-2H3,(H,11,12). The van der Waals surface area contributed by atoms with Crippen molar-refractivity contribution in [3.63, 3.8) is 0 Å². The normalized spacial score (nSPS) is 42.6. The first-order chi connectivity index (χ1) is 5.36. The van der Waals surface area contributed by atoms with Crippen molar-refractivity contribution in [2.24, 2.45) is 5.41 Å². The zero-order chi connectivity index (χ0) is 9.41. The lowest BCUT2D eigenvalue weighted by molar-refractivity contribution is -0.149. The van der Waals surface area contributed by atoms with Gasteiger partial charge in [0.05, 0.1) is 5.41 Å². The van der Waals surface area contributed by atoms with Gasteiger partial charge in [0.25, 0.3) is 0 Å². The molecular weight excluding hydrogens is 220 g/mol. The maximum Gasteiger partial charge on any atom is 0.309 e. The summed E-state index contributed by atoms with van der Waals surface area (Å²) in [7, 11) is 0. The first-order valence-electron chi connectivity index (χ1n) is 4.28. The number of carbonyl (C=O) groups is 1. The van der Waals surface area contributed by atoms with E-state index in [0.29, 0.717) is 0 Å². The third-order valence-corrected chi connectivity index (χ3v) is 3.71. The molecule has 1 aliphatic rings. The molecule has 70 valence electrons. The van der Waals surface area contributed by atoms with Crippen LogP contribution in [-0.2, 0) is 4.79 Å². The number of alkyl halides is 1. The predicted octanol–water partition coefficient (Wildman–Crippen LogP) is 2.80. The topological polar surface area (TPSA) is 37.3 Å². The maximum atomic E-state index is 10.9. The number of carboxylic acid groups (broad SMARTS) is 1. The van der Waals surface area contributed by atoms with Gasteiger partial charge in [-0.2, -0.15) is 0 Å². The van der Waals surface area contributed by atoms with Crippen molar-refractivity contribution in [3.05, 3.63) is 0 Å². The lowest BCUT2D eigenvalue weighted by Crippen LogP contribution is -2.36. The second-order valence-corrected chi connectivity index (χ2v) is 6.19. The zero-order valence-corrected chi connectivity index (χ0v) is 9.15. The van der Waals surface area contributed by atoms with Gasteiger partial charge in [0.1, 0.15) is 0 Å². The number of carboxylic acids is 1. The molecule has 0 heterocycles. The van der Waals surface area contributed by atoms with E-state index in [0.717, 1.165) is 25.7 Å². The van der Waals surface area contributed by atoms with E-state index in [-0.39, 0.29) is 4.32 Å². The smallest absolute Gasteiger partial charge is 0.309 e. The van der Waals surface area contributed by atoms with Crippen molar-refractivity contribution in [1.82, 2.24) is 0 Å². The summed E-state index contributed by atoms with van der Waals surface area (Å²) in [6.07, 6.45) is 3.47. The Kier molecular flexibility index (Phi) is 2.52. The molecule has 0 amide bonds. The summed E-state index contributed by atoms with van der Waals surface area (Å²) in [4.78, 5) is 10.9. The summed E-state index contributed by atoms with van der Waals surface area (Å²) in [5.41, 5.74) is -0.479. The first-order valence-corrected chi connectivity index (χ1v) is 5.07. The highest BCUT2D eigenvalue weighted by Gasteiger charge is 2.40. The minimum Gasteiger partial charge on any atom is -0.481 e. The minimum atomic E-state index is -0.648. The van der Waals surface area contributed by atoms with Crippen molar-refractivity contribution in [2.75, 3.05) is 0 Å². The molecule has 12 heavy (non-hydrogen) atoms. The van der Waals surface area contributed by atoms with Crippen LogP contribution in [0.4, 0.5) is 0 Å². The van der Waals surface area contributed by atoms with Crippen molar-refractivity contribution in [1.29, 1.82) is 0 Å². The van der Waals surface area contributed by atoms with E-state index in [1.807, 2.05) is 6.92 Å². The van der Waals surface area contributed by atoms with Crippen LogP contribution in [0.25, 0.3) is 0 Å². The quantitative estimate of drug-likeness (QED) is 0.709. The molecular formula is C9H15BrO2. The van der Waals surface area contributed by atoms with Gasteiger partial charge in [-0.25, -0.2) is 0 Å². The SMILES string of the molecule is CC1(Br)CCC(C)(C(=O)O)CC1. The molecule has 0 atom stereocenters. The van der Waals surface area contributed by atoms with Gasteiger partial charge in [-0.05, 0) is 39.5 Å². The molecule has 3 heteroatoms. The molecule has 0 bridgehead atoms. The highest BCUT2D eigenvalue weighted by Crippen LogP contribution is 2.44. The van der Waals surface area contributed by atoms with Gasteiger partial charge in [0.15, 0.2) is 0 Å². The average Bonchev–Trinajstić information content (AvgIpc) is 1.96. The van der Waals surface area contributed by atoms with Crippen molar-refractivity contribution in [3.8, 4) is 0 Å². The van der Waals surface area contributed by atoms with Gasteiger partial charge >= 0.3 is 5.97 Å². The van der Waals surface area contributed by atoms with E-state index >= 15 is 0 Å². The van der Waals surface area contributed by atoms with Crippen LogP contribution in [0.3, 0.4) is 0 Å². The van der Waals surface area contributed by atoms with Gasteiger partial charge < -0.3 is 5.11 Å². The average molecular weight is 235 g/mol. The third-order valence-electron chi connectivity index (χ3n) is 2.91. The summed E-state index contributed by atoms with van der Waals surface area (Å²) in [6, 6.07) is 0. The largest absolute Gasteiger partial charge is 0.481 e. The van der Waals surface area contributed by atoms with Crippen LogP contribution < -0.4 is 0 Å². The number of rotatable bonds is 1. The van der Waals surface area contributed by atoms with Crippen molar-refractivity contribution in [2.45, 2.75) is 43.9 Å². The number of halogens is 1. The summed E-state index contributed by atoms with van der Waals surface area (Å²) in [6.45, 7) is 3.98. The second-order valence-electron chi connectivity index (χ2n) is 4.28. The molecule has 0 radical (unpaired) electrons. The van der Waals surface area contributed by atoms with Crippen LogP contribution in [0.15, 0.2) is 0 Å². The van der Waals surface area contributed by atoms with Crippen LogP contribution in [-0.4, -0.2) is 15.4 Å². The minimum absolute atomic E-state index is 0.169. The van der Waals surface area contributed by atoms with Crippen LogP contribution in [0.1, 0.15) is 39.5 Å². The molecule has 0 aromatic carbocycles. The molecule has 1 aliphatic carbocycles. The Morgan fingerprint density at radius 2 is 1.67 bits per heavy atom. The summed E-state index contributed by atoms with van der Waals surface area (Å²) < 4.78 is 0.169. The molecule has 1 saturated carbocycles. The number of hydrogen-bond donors (Lipinski definition) is 1. The van der Waals surface area contributed by atoms with E-state index < -0.39 is 11.4 Å². The van der Waals surface area contributed by atoms with Crippen LogP contribution in [0, 0.1) is 5.41 Å². The predicted molar refractivity (Wildman–Crippen MR) is 51.5 cm³/mol. The van der Waals surface area contributed by atoms with Gasteiger partial charge in [-0.15, -0.1) is 0 Å².